The Bertz CT molecular complexity index is 454. The van der Waals surface area contributed by atoms with E-state index in [9.17, 15) is 4.79 Å². The summed E-state index contributed by atoms with van der Waals surface area (Å²) < 4.78 is 5.44. The van der Waals surface area contributed by atoms with Crippen molar-refractivity contribution in [1.82, 2.24) is 0 Å². The van der Waals surface area contributed by atoms with E-state index >= 15 is 0 Å². The van der Waals surface area contributed by atoms with Crippen molar-refractivity contribution in [1.29, 1.82) is 0 Å². The van der Waals surface area contributed by atoms with Crippen molar-refractivity contribution >= 4 is 17.5 Å². The Kier molecular flexibility index (Phi) is 8.21. The van der Waals surface area contributed by atoms with Crippen LogP contribution < -0.4 is 0 Å². The second-order valence-corrected chi connectivity index (χ2v) is 6.46. The van der Waals surface area contributed by atoms with Crippen molar-refractivity contribution in [3.63, 3.8) is 0 Å². The molecule has 0 N–H and O–H groups in total. The number of ether oxygens (including phenoxy) is 1. The van der Waals surface area contributed by atoms with Crippen molar-refractivity contribution in [3.05, 3.63) is 42.2 Å². The van der Waals surface area contributed by atoms with Gasteiger partial charge in [0.15, 0.2) is 0 Å². The van der Waals surface area contributed by atoms with Crippen molar-refractivity contribution in [2.24, 2.45) is 5.92 Å². The van der Waals surface area contributed by atoms with E-state index in [2.05, 4.69) is 26.0 Å². The predicted molar refractivity (Wildman–Crippen MR) is 90.5 cm³/mol. The van der Waals surface area contributed by atoms with E-state index in [-0.39, 0.29) is 5.25 Å². The molecule has 0 spiro atoms. The van der Waals surface area contributed by atoms with Gasteiger partial charge in [-0.25, -0.2) is 0 Å². The van der Waals surface area contributed by atoms with Gasteiger partial charge in [-0.05, 0) is 37.5 Å². The average Bonchev–Trinajstić information content (AvgIpc) is 2.50. The largest absolute Gasteiger partial charge is 0.502 e. The fraction of sp³-hybridized carbons (Fsp3) is 0.500. The van der Waals surface area contributed by atoms with Gasteiger partial charge in [0.1, 0.15) is 5.78 Å². The van der Waals surface area contributed by atoms with Crippen LogP contribution in [0.25, 0.3) is 0 Å². The molecule has 116 valence electrons. The fourth-order valence-corrected chi connectivity index (χ4v) is 3.37. The van der Waals surface area contributed by atoms with Crippen LogP contribution in [0.15, 0.2) is 47.1 Å². The topological polar surface area (TPSA) is 26.3 Å². The van der Waals surface area contributed by atoms with Crippen molar-refractivity contribution in [2.75, 3.05) is 6.61 Å². The Morgan fingerprint density at radius 3 is 2.52 bits per heavy atom. The molecule has 2 unspecified atom stereocenters. The number of thioether (sulfide) groups is 1. The van der Waals surface area contributed by atoms with Crippen LogP contribution in [0.4, 0.5) is 0 Å². The van der Waals surface area contributed by atoms with Gasteiger partial charge in [0.25, 0.3) is 0 Å². The molecular weight excluding hydrogens is 280 g/mol. The van der Waals surface area contributed by atoms with Gasteiger partial charge in [-0.3, -0.25) is 4.79 Å². The zero-order valence-electron chi connectivity index (χ0n) is 13.5. The second kappa shape index (κ2) is 9.67. The summed E-state index contributed by atoms with van der Waals surface area (Å²) >= 11 is 1.81. The van der Waals surface area contributed by atoms with Crippen LogP contribution in [-0.2, 0) is 9.53 Å². The molecule has 0 aliphatic carbocycles. The van der Waals surface area contributed by atoms with Gasteiger partial charge < -0.3 is 4.74 Å². The summed E-state index contributed by atoms with van der Waals surface area (Å²) in [4.78, 5) is 13.0. The van der Waals surface area contributed by atoms with Gasteiger partial charge in [0.2, 0.25) is 0 Å². The highest BCUT2D eigenvalue weighted by atomic mass is 32.2. The predicted octanol–water partition coefficient (Wildman–Crippen LogP) is 5.09. The van der Waals surface area contributed by atoms with Crippen molar-refractivity contribution < 1.29 is 9.53 Å². The number of carbonyl (C=O) groups is 1. The Morgan fingerprint density at radius 1 is 1.29 bits per heavy atom. The standard InChI is InChI=1S/C18H26O2S/c1-5-16(19)12-14(3)18(15(4)13-20-6-2)21-17-10-8-7-9-11-17/h7-11,13-14,18H,5-6,12H2,1-4H3. The maximum Gasteiger partial charge on any atom is 0.132 e. The summed E-state index contributed by atoms with van der Waals surface area (Å²) in [5, 5.41) is 0.259. The average molecular weight is 306 g/mol. The van der Waals surface area contributed by atoms with E-state index in [0.29, 0.717) is 31.1 Å². The van der Waals surface area contributed by atoms with Crippen LogP contribution >= 0.6 is 11.8 Å². The molecule has 0 saturated heterocycles. The van der Waals surface area contributed by atoms with Crippen LogP contribution in [0.3, 0.4) is 0 Å². The lowest BCUT2D eigenvalue weighted by Crippen LogP contribution is -2.19. The summed E-state index contributed by atoms with van der Waals surface area (Å²) in [5.41, 5.74) is 1.18. The molecule has 0 aliphatic heterocycles. The summed E-state index contributed by atoms with van der Waals surface area (Å²) in [6, 6.07) is 10.3. The number of carbonyl (C=O) groups excluding carboxylic acids is 1. The Balaban J connectivity index is 2.85. The molecule has 2 nitrogen and oxygen atoms in total. The molecule has 2 atom stereocenters. The number of ketones is 1. The monoisotopic (exact) mass is 306 g/mol. The van der Waals surface area contributed by atoms with Crippen LogP contribution in [0.1, 0.15) is 40.5 Å². The minimum Gasteiger partial charge on any atom is -0.502 e. The molecule has 0 fully saturated rings. The Morgan fingerprint density at radius 2 is 1.95 bits per heavy atom. The van der Waals surface area contributed by atoms with E-state index in [1.54, 1.807) is 0 Å². The quantitative estimate of drug-likeness (QED) is 0.469. The van der Waals surface area contributed by atoms with E-state index in [0.717, 1.165) is 0 Å². The third-order valence-corrected chi connectivity index (χ3v) is 4.99. The first-order valence-electron chi connectivity index (χ1n) is 7.60. The maximum absolute atomic E-state index is 11.8. The molecular formula is C18H26O2S. The molecule has 0 amide bonds. The fourth-order valence-electron chi connectivity index (χ4n) is 2.20. The molecule has 21 heavy (non-hydrogen) atoms. The minimum absolute atomic E-state index is 0.259. The van der Waals surface area contributed by atoms with E-state index in [4.69, 9.17) is 4.74 Å². The van der Waals surface area contributed by atoms with E-state index in [1.165, 1.54) is 10.5 Å². The third-order valence-electron chi connectivity index (χ3n) is 3.35. The Labute approximate surface area is 133 Å². The molecule has 0 aromatic heterocycles. The second-order valence-electron chi connectivity index (χ2n) is 5.24. The summed E-state index contributed by atoms with van der Waals surface area (Å²) in [7, 11) is 0. The zero-order chi connectivity index (χ0) is 15.7. The van der Waals surface area contributed by atoms with Crippen molar-refractivity contribution in [3.8, 4) is 0 Å². The summed E-state index contributed by atoms with van der Waals surface area (Å²) in [6.45, 7) is 8.81. The molecule has 0 bridgehead atoms. The van der Waals surface area contributed by atoms with Gasteiger partial charge in [-0.2, -0.15) is 0 Å². The SMILES string of the molecule is CCOC=C(C)C(Sc1ccccc1)C(C)CC(=O)CC. The van der Waals surface area contributed by atoms with Gasteiger partial charge in [0, 0.05) is 23.0 Å². The number of hydrogen-bond acceptors (Lipinski definition) is 3. The lowest BCUT2D eigenvalue weighted by atomic mass is 9.96. The number of benzene rings is 1. The molecule has 0 saturated carbocycles. The third kappa shape index (κ3) is 6.38. The molecule has 1 aromatic rings. The molecule has 0 aliphatic rings. The van der Waals surface area contributed by atoms with Gasteiger partial charge in [-0.1, -0.05) is 32.0 Å². The first-order chi connectivity index (χ1) is 10.1. The lowest BCUT2D eigenvalue weighted by molar-refractivity contribution is -0.119. The van der Waals surface area contributed by atoms with Gasteiger partial charge in [0.05, 0.1) is 12.9 Å². The summed E-state index contributed by atoms with van der Waals surface area (Å²) in [5.74, 6) is 0.615. The number of hydrogen-bond donors (Lipinski definition) is 0. The molecule has 1 aromatic carbocycles. The van der Waals surface area contributed by atoms with Crippen LogP contribution in [0.5, 0.6) is 0 Å². The highest BCUT2D eigenvalue weighted by Gasteiger charge is 2.22. The van der Waals surface area contributed by atoms with Gasteiger partial charge in [-0.15, -0.1) is 11.8 Å². The first-order valence-corrected chi connectivity index (χ1v) is 8.48. The molecule has 1 rings (SSSR count). The van der Waals surface area contributed by atoms with E-state index < -0.39 is 0 Å². The van der Waals surface area contributed by atoms with Gasteiger partial charge >= 0.3 is 0 Å². The highest BCUT2D eigenvalue weighted by Crippen LogP contribution is 2.34. The smallest absolute Gasteiger partial charge is 0.132 e. The normalized spacial score (nSPS) is 14.6. The van der Waals surface area contributed by atoms with Crippen LogP contribution in [0, 0.1) is 5.92 Å². The molecule has 0 radical (unpaired) electrons. The van der Waals surface area contributed by atoms with E-state index in [1.807, 2.05) is 50.1 Å². The minimum atomic E-state index is 0.259. The van der Waals surface area contributed by atoms with Crippen LogP contribution in [-0.4, -0.2) is 17.6 Å². The molecule has 0 heterocycles. The summed E-state index contributed by atoms with van der Waals surface area (Å²) in [6.07, 6.45) is 3.08. The number of Topliss-reactive ketones (excluding diaryl/α,β-unsaturated/α-hetero) is 1. The Hall–Kier alpha value is -1.22. The lowest BCUT2D eigenvalue weighted by Gasteiger charge is -2.24. The van der Waals surface area contributed by atoms with Crippen LogP contribution in [0.2, 0.25) is 0 Å². The zero-order valence-corrected chi connectivity index (χ0v) is 14.3. The first kappa shape index (κ1) is 17.8. The molecule has 3 heteroatoms. The highest BCUT2D eigenvalue weighted by molar-refractivity contribution is 8.00. The number of rotatable bonds is 9. The van der Waals surface area contributed by atoms with Crippen molar-refractivity contribution in [2.45, 2.75) is 50.7 Å². The maximum atomic E-state index is 11.8.